The maximum Gasteiger partial charge on any atom is 0.0670 e. The molecule has 0 saturated carbocycles. The van der Waals surface area contributed by atoms with Crippen molar-refractivity contribution < 1.29 is 4.74 Å². The molecule has 2 N–H and O–H groups in total. The molecule has 1 aromatic rings. The second-order valence-corrected chi connectivity index (χ2v) is 4.85. The number of thioether (sulfide) groups is 1. The Labute approximate surface area is 93.2 Å². The Morgan fingerprint density at radius 3 is 2.93 bits per heavy atom. The molecule has 1 saturated heterocycles. The van der Waals surface area contributed by atoms with Crippen LogP contribution in [0.3, 0.4) is 0 Å². The lowest BCUT2D eigenvalue weighted by molar-refractivity contribution is 0.0455. The van der Waals surface area contributed by atoms with Crippen molar-refractivity contribution in [1.29, 1.82) is 5.26 Å². The molecule has 4 heteroatoms. The summed E-state index contributed by atoms with van der Waals surface area (Å²) >= 11 is 1.79. The van der Waals surface area contributed by atoms with Crippen molar-refractivity contribution in [3.63, 3.8) is 0 Å². The molecule has 0 aromatic heterocycles. The summed E-state index contributed by atoms with van der Waals surface area (Å²) in [4.78, 5) is 1.17. The lowest BCUT2D eigenvalue weighted by Gasteiger charge is -2.25. The van der Waals surface area contributed by atoms with Crippen molar-refractivity contribution >= 4 is 17.4 Å². The average Bonchev–Trinajstić information content (AvgIpc) is 2.17. The molecule has 0 aliphatic carbocycles. The number of hydrogen-bond acceptors (Lipinski definition) is 4. The first-order valence-electron chi connectivity index (χ1n) is 4.79. The number of nitrogen functional groups attached to an aromatic ring is 1. The molecule has 1 fully saturated rings. The third-order valence-corrected chi connectivity index (χ3v) is 3.43. The highest BCUT2D eigenvalue weighted by Crippen LogP contribution is 2.30. The van der Waals surface area contributed by atoms with Gasteiger partial charge >= 0.3 is 0 Å². The lowest BCUT2D eigenvalue weighted by atomic mass is 10.1. The first kappa shape index (κ1) is 10.3. The van der Waals surface area contributed by atoms with E-state index in [4.69, 9.17) is 15.7 Å². The molecule has 1 aliphatic rings. The van der Waals surface area contributed by atoms with E-state index in [9.17, 15) is 0 Å². The fourth-order valence-electron chi connectivity index (χ4n) is 1.37. The lowest BCUT2D eigenvalue weighted by Crippen LogP contribution is -2.30. The molecule has 78 valence electrons. The Balaban J connectivity index is 2.11. The van der Waals surface area contributed by atoms with Crippen molar-refractivity contribution in [1.82, 2.24) is 0 Å². The molecule has 0 radical (unpaired) electrons. The predicted octanol–water partition coefficient (Wildman–Crippen LogP) is 1.83. The third kappa shape index (κ3) is 2.44. The quantitative estimate of drug-likeness (QED) is 0.789. The van der Waals surface area contributed by atoms with Gasteiger partial charge in [0, 0.05) is 10.6 Å². The average molecular weight is 220 g/mol. The topological polar surface area (TPSA) is 59.0 Å². The number of nitrogens with two attached hydrogens (primary N) is 1. The zero-order valence-corrected chi connectivity index (χ0v) is 9.09. The minimum absolute atomic E-state index is 0.376. The van der Waals surface area contributed by atoms with E-state index in [1.165, 1.54) is 4.90 Å². The van der Waals surface area contributed by atoms with E-state index in [1.807, 2.05) is 18.2 Å². The molecule has 2 rings (SSSR count). The third-order valence-electron chi connectivity index (χ3n) is 2.29. The van der Waals surface area contributed by atoms with Crippen molar-refractivity contribution in [2.45, 2.75) is 16.6 Å². The predicted molar refractivity (Wildman–Crippen MR) is 60.6 cm³/mol. The van der Waals surface area contributed by atoms with E-state index in [1.54, 1.807) is 11.8 Å². The molecular weight excluding hydrogens is 208 g/mol. The van der Waals surface area contributed by atoms with Gasteiger partial charge in [-0.3, -0.25) is 0 Å². The minimum atomic E-state index is 0.376. The van der Waals surface area contributed by atoms with Gasteiger partial charge in [0.2, 0.25) is 0 Å². The second kappa shape index (κ2) is 4.56. The van der Waals surface area contributed by atoms with Crippen LogP contribution in [0.1, 0.15) is 5.56 Å². The van der Waals surface area contributed by atoms with Crippen LogP contribution in [-0.2, 0) is 11.2 Å². The van der Waals surface area contributed by atoms with Crippen molar-refractivity contribution in [3.05, 3.63) is 23.8 Å². The Kier molecular flexibility index (Phi) is 3.14. The molecule has 1 aliphatic heterocycles. The number of rotatable bonds is 3. The molecule has 0 unspecified atom stereocenters. The van der Waals surface area contributed by atoms with E-state index in [2.05, 4.69) is 6.07 Å². The van der Waals surface area contributed by atoms with Crippen LogP contribution in [0.15, 0.2) is 23.1 Å². The molecular formula is C11H12N2OS. The normalized spacial score (nSPS) is 15.7. The summed E-state index contributed by atoms with van der Waals surface area (Å²) in [5.74, 6) is 0. The number of nitriles is 1. The molecule has 3 nitrogen and oxygen atoms in total. The highest BCUT2D eigenvalue weighted by molar-refractivity contribution is 8.00. The Morgan fingerprint density at radius 1 is 1.53 bits per heavy atom. The molecule has 15 heavy (non-hydrogen) atoms. The van der Waals surface area contributed by atoms with Crippen LogP contribution in [0.4, 0.5) is 5.69 Å². The van der Waals surface area contributed by atoms with E-state index in [-0.39, 0.29) is 0 Å². The van der Waals surface area contributed by atoms with Crippen LogP contribution in [0.25, 0.3) is 0 Å². The summed E-state index contributed by atoms with van der Waals surface area (Å²) in [6, 6.07) is 7.99. The highest BCUT2D eigenvalue weighted by atomic mass is 32.2. The van der Waals surface area contributed by atoms with E-state index in [0.717, 1.165) is 18.8 Å². The molecule has 1 aromatic carbocycles. The van der Waals surface area contributed by atoms with E-state index in [0.29, 0.717) is 17.4 Å². The maximum atomic E-state index is 8.64. The zero-order chi connectivity index (χ0) is 10.7. The first-order valence-corrected chi connectivity index (χ1v) is 5.67. The van der Waals surface area contributed by atoms with Gasteiger partial charge < -0.3 is 10.5 Å². The largest absolute Gasteiger partial charge is 0.398 e. The molecule has 1 heterocycles. The summed E-state index contributed by atoms with van der Waals surface area (Å²) < 4.78 is 5.11. The Hall–Kier alpha value is -1.18. The zero-order valence-electron chi connectivity index (χ0n) is 8.27. The summed E-state index contributed by atoms with van der Waals surface area (Å²) in [6.45, 7) is 1.64. The Morgan fingerprint density at radius 2 is 2.33 bits per heavy atom. The first-order chi connectivity index (χ1) is 7.29. The van der Waals surface area contributed by atoms with Gasteiger partial charge in [0.25, 0.3) is 0 Å². The van der Waals surface area contributed by atoms with Crippen LogP contribution in [0.2, 0.25) is 0 Å². The van der Waals surface area contributed by atoms with Gasteiger partial charge in [-0.25, -0.2) is 0 Å². The van der Waals surface area contributed by atoms with Crippen LogP contribution in [0.5, 0.6) is 0 Å². The number of anilines is 1. The van der Waals surface area contributed by atoms with Gasteiger partial charge in [0.15, 0.2) is 0 Å². The van der Waals surface area contributed by atoms with Crippen molar-refractivity contribution in [3.8, 4) is 6.07 Å². The standard InChI is InChI=1S/C11H12N2OS/c12-4-3-8-5-9(1-2-11(8)13)15-10-6-14-7-10/h1-2,5,10H,3,6-7,13H2. The smallest absolute Gasteiger partial charge is 0.0670 e. The molecule has 0 amide bonds. The van der Waals surface area contributed by atoms with Crippen LogP contribution in [-0.4, -0.2) is 18.5 Å². The monoisotopic (exact) mass is 220 g/mol. The van der Waals surface area contributed by atoms with Crippen molar-refractivity contribution in [2.75, 3.05) is 18.9 Å². The Bertz CT molecular complexity index is 396. The SMILES string of the molecule is N#CCc1cc(SC2COC2)ccc1N. The summed E-state index contributed by atoms with van der Waals surface area (Å²) in [5.41, 5.74) is 7.39. The highest BCUT2D eigenvalue weighted by Gasteiger charge is 2.19. The van der Waals surface area contributed by atoms with Gasteiger partial charge in [-0.05, 0) is 23.8 Å². The van der Waals surface area contributed by atoms with Crippen LogP contribution >= 0.6 is 11.8 Å². The fraction of sp³-hybridized carbons (Fsp3) is 0.364. The van der Waals surface area contributed by atoms with E-state index < -0.39 is 0 Å². The molecule has 0 bridgehead atoms. The van der Waals surface area contributed by atoms with Gasteiger partial charge in [-0.15, -0.1) is 11.8 Å². The van der Waals surface area contributed by atoms with Gasteiger partial charge in [-0.2, -0.15) is 5.26 Å². The second-order valence-electron chi connectivity index (χ2n) is 3.47. The van der Waals surface area contributed by atoms with Gasteiger partial charge in [-0.1, -0.05) is 0 Å². The number of benzene rings is 1. The van der Waals surface area contributed by atoms with Crippen LogP contribution in [0, 0.1) is 11.3 Å². The fourth-order valence-corrected chi connectivity index (χ4v) is 2.44. The molecule has 0 spiro atoms. The maximum absolute atomic E-state index is 8.64. The van der Waals surface area contributed by atoms with Gasteiger partial charge in [0.1, 0.15) is 0 Å². The summed E-state index contributed by atoms with van der Waals surface area (Å²) in [6.07, 6.45) is 0.376. The van der Waals surface area contributed by atoms with Crippen LogP contribution < -0.4 is 5.73 Å². The number of ether oxygens (including phenoxy) is 1. The molecule has 0 atom stereocenters. The number of hydrogen-bond donors (Lipinski definition) is 1. The van der Waals surface area contributed by atoms with Crippen molar-refractivity contribution in [2.24, 2.45) is 0 Å². The number of nitrogens with zero attached hydrogens (tertiary/aromatic N) is 1. The minimum Gasteiger partial charge on any atom is -0.398 e. The van der Waals surface area contributed by atoms with Gasteiger partial charge in [0.05, 0.1) is 31.0 Å². The summed E-state index contributed by atoms with van der Waals surface area (Å²) in [7, 11) is 0. The summed E-state index contributed by atoms with van der Waals surface area (Å²) in [5, 5.41) is 9.20. The van der Waals surface area contributed by atoms with E-state index >= 15 is 0 Å².